The number of likely N-dealkylation sites (N-methyl/N-ethyl adjacent to an activating group) is 1. The van der Waals surface area contributed by atoms with Crippen molar-refractivity contribution in [1.29, 1.82) is 0 Å². The molecule has 1 N–H and O–H groups in total. The van der Waals surface area contributed by atoms with E-state index in [1.807, 2.05) is 25.3 Å². The maximum atomic E-state index is 14.4. The van der Waals surface area contributed by atoms with Gasteiger partial charge in [0.15, 0.2) is 11.6 Å². The number of rotatable bonds is 6. The van der Waals surface area contributed by atoms with Crippen molar-refractivity contribution in [3.8, 4) is 5.75 Å². The van der Waals surface area contributed by atoms with Gasteiger partial charge >= 0.3 is 0 Å². The highest BCUT2D eigenvalue weighted by Crippen LogP contribution is 2.28. The molecule has 0 saturated heterocycles. The number of nitrogens with zero attached hydrogens (tertiary/aromatic N) is 1. The zero-order chi connectivity index (χ0) is 14.5. The van der Waals surface area contributed by atoms with E-state index in [0.29, 0.717) is 12.0 Å². The third-order valence-electron chi connectivity index (χ3n) is 3.08. The summed E-state index contributed by atoms with van der Waals surface area (Å²) in [6.07, 6.45) is 0.677. The van der Waals surface area contributed by atoms with E-state index >= 15 is 0 Å². The first-order valence-corrected chi connectivity index (χ1v) is 7.50. The summed E-state index contributed by atoms with van der Waals surface area (Å²) in [4.78, 5) is 4.46. The topological polar surface area (TPSA) is 34.2 Å². The Morgan fingerprint density at radius 2 is 2.25 bits per heavy atom. The fourth-order valence-electron chi connectivity index (χ4n) is 2.16. The molecule has 0 spiro atoms. The molecule has 0 aliphatic heterocycles. The lowest BCUT2D eigenvalue weighted by Crippen LogP contribution is -2.24. The van der Waals surface area contributed by atoms with Crippen LogP contribution in [0.4, 0.5) is 4.39 Å². The number of hydrogen-bond donors (Lipinski definition) is 1. The van der Waals surface area contributed by atoms with E-state index in [1.165, 1.54) is 7.11 Å². The number of methoxy groups -OCH3 is 1. The lowest BCUT2D eigenvalue weighted by Gasteiger charge is -2.19. The predicted octanol–water partition coefficient (Wildman–Crippen LogP) is 3.49. The predicted molar refractivity (Wildman–Crippen MR) is 79.9 cm³/mol. The van der Waals surface area contributed by atoms with Crippen molar-refractivity contribution < 1.29 is 9.13 Å². The summed E-state index contributed by atoms with van der Waals surface area (Å²) in [7, 11) is 1.48. The van der Waals surface area contributed by atoms with E-state index in [9.17, 15) is 4.39 Å². The van der Waals surface area contributed by atoms with E-state index in [0.717, 1.165) is 17.2 Å². The van der Waals surface area contributed by atoms with Crippen molar-refractivity contribution in [2.75, 3.05) is 13.7 Å². The molecule has 0 saturated carbocycles. The molecule has 1 aromatic carbocycles. The number of ether oxygens (including phenoxy) is 1. The van der Waals surface area contributed by atoms with Gasteiger partial charge in [0.1, 0.15) is 0 Å². The number of halogens is 1. The number of aryl methyl sites for hydroxylation is 1. The second-order valence-corrected chi connectivity index (χ2v) is 5.50. The normalized spacial score (nSPS) is 12.4. The van der Waals surface area contributed by atoms with Crippen LogP contribution in [0.3, 0.4) is 0 Å². The molecule has 0 aliphatic carbocycles. The van der Waals surface area contributed by atoms with Crippen molar-refractivity contribution in [3.05, 3.63) is 45.7 Å². The molecule has 0 bridgehead atoms. The Bertz CT molecular complexity index is 571. The summed E-state index contributed by atoms with van der Waals surface area (Å²) in [6.45, 7) is 4.75. The lowest BCUT2D eigenvalue weighted by atomic mass is 10.0. The SMILES string of the molecule is CCNC(Cc1nc(C)cs1)c1cccc(OC)c1F. The summed E-state index contributed by atoms with van der Waals surface area (Å²) in [5.41, 5.74) is 1.63. The van der Waals surface area contributed by atoms with E-state index < -0.39 is 0 Å². The van der Waals surface area contributed by atoms with Gasteiger partial charge in [0.05, 0.1) is 12.1 Å². The third kappa shape index (κ3) is 3.35. The Morgan fingerprint density at radius 1 is 1.45 bits per heavy atom. The van der Waals surface area contributed by atoms with Crippen LogP contribution in [0.25, 0.3) is 0 Å². The van der Waals surface area contributed by atoms with Gasteiger partial charge in [-0.25, -0.2) is 9.37 Å². The monoisotopic (exact) mass is 294 g/mol. The molecule has 0 aliphatic rings. The number of benzene rings is 1. The van der Waals surface area contributed by atoms with Crippen molar-refractivity contribution >= 4 is 11.3 Å². The van der Waals surface area contributed by atoms with Crippen molar-refractivity contribution in [2.24, 2.45) is 0 Å². The average molecular weight is 294 g/mol. The molecule has 0 fully saturated rings. The van der Waals surface area contributed by atoms with Crippen LogP contribution in [0.5, 0.6) is 5.75 Å². The van der Waals surface area contributed by atoms with E-state index in [2.05, 4.69) is 10.3 Å². The van der Waals surface area contributed by atoms with Gasteiger partial charge in [0, 0.05) is 29.1 Å². The highest BCUT2D eigenvalue weighted by Gasteiger charge is 2.19. The fourth-order valence-corrected chi connectivity index (χ4v) is 2.98. The largest absolute Gasteiger partial charge is 0.494 e. The molecule has 0 radical (unpaired) electrons. The summed E-state index contributed by atoms with van der Waals surface area (Å²) in [6, 6.07) is 5.15. The standard InChI is InChI=1S/C15H19FN2OS/c1-4-17-12(8-14-18-10(2)9-20-14)11-6-5-7-13(19-3)15(11)16/h5-7,9,12,17H,4,8H2,1-3H3. The van der Waals surface area contributed by atoms with Crippen LogP contribution >= 0.6 is 11.3 Å². The molecule has 1 aromatic heterocycles. The molecule has 2 rings (SSSR count). The van der Waals surface area contributed by atoms with E-state index in [1.54, 1.807) is 23.5 Å². The molecule has 1 heterocycles. The Balaban J connectivity index is 2.28. The molecule has 0 amide bonds. The van der Waals surface area contributed by atoms with Crippen molar-refractivity contribution in [3.63, 3.8) is 0 Å². The van der Waals surface area contributed by atoms with Crippen LogP contribution in [-0.4, -0.2) is 18.6 Å². The van der Waals surface area contributed by atoms with Gasteiger partial charge in [-0.15, -0.1) is 11.3 Å². The quantitative estimate of drug-likeness (QED) is 0.885. The Morgan fingerprint density at radius 3 is 2.85 bits per heavy atom. The molecular weight excluding hydrogens is 275 g/mol. The first-order valence-electron chi connectivity index (χ1n) is 6.62. The average Bonchev–Trinajstić information content (AvgIpc) is 2.84. The van der Waals surface area contributed by atoms with Gasteiger partial charge in [0.25, 0.3) is 0 Å². The molecule has 108 valence electrons. The Kier molecular flexibility index (Phi) is 5.09. The van der Waals surface area contributed by atoms with Crippen LogP contribution < -0.4 is 10.1 Å². The van der Waals surface area contributed by atoms with Crippen LogP contribution in [0.15, 0.2) is 23.6 Å². The summed E-state index contributed by atoms with van der Waals surface area (Å²) < 4.78 is 19.4. The molecule has 3 nitrogen and oxygen atoms in total. The Labute approximate surface area is 122 Å². The minimum Gasteiger partial charge on any atom is -0.494 e. The van der Waals surface area contributed by atoms with Crippen LogP contribution in [-0.2, 0) is 6.42 Å². The zero-order valence-corrected chi connectivity index (χ0v) is 12.8. The summed E-state index contributed by atoms with van der Waals surface area (Å²) in [5.74, 6) is -0.0186. The first-order chi connectivity index (χ1) is 9.65. The van der Waals surface area contributed by atoms with E-state index in [4.69, 9.17) is 4.74 Å². The molecule has 5 heteroatoms. The highest BCUT2D eigenvalue weighted by atomic mass is 32.1. The van der Waals surface area contributed by atoms with Gasteiger partial charge in [-0.3, -0.25) is 0 Å². The van der Waals surface area contributed by atoms with Crippen molar-refractivity contribution in [2.45, 2.75) is 26.3 Å². The van der Waals surface area contributed by atoms with Crippen molar-refractivity contribution in [1.82, 2.24) is 10.3 Å². The van der Waals surface area contributed by atoms with Gasteiger partial charge in [0.2, 0.25) is 0 Å². The maximum absolute atomic E-state index is 14.4. The number of hydrogen-bond acceptors (Lipinski definition) is 4. The minimum absolute atomic E-state index is 0.0966. The molecule has 1 unspecified atom stereocenters. The third-order valence-corrected chi connectivity index (χ3v) is 4.07. The fraction of sp³-hybridized carbons (Fsp3) is 0.400. The minimum atomic E-state index is -0.297. The number of aromatic nitrogens is 1. The van der Waals surface area contributed by atoms with Gasteiger partial charge in [-0.05, 0) is 19.5 Å². The zero-order valence-electron chi connectivity index (χ0n) is 11.9. The lowest BCUT2D eigenvalue weighted by molar-refractivity contribution is 0.379. The molecule has 2 aromatic rings. The summed E-state index contributed by atoms with van der Waals surface area (Å²) in [5, 5.41) is 6.34. The molecule has 1 atom stereocenters. The van der Waals surface area contributed by atoms with Gasteiger partial charge in [-0.1, -0.05) is 19.1 Å². The van der Waals surface area contributed by atoms with Crippen LogP contribution in [0, 0.1) is 12.7 Å². The van der Waals surface area contributed by atoms with E-state index in [-0.39, 0.29) is 17.6 Å². The first kappa shape index (κ1) is 14.9. The van der Waals surface area contributed by atoms with Gasteiger partial charge in [-0.2, -0.15) is 0 Å². The smallest absolute Gasteiger partial charge is 0.169 e. The van der Waals surface area contributed by atoms with Crippen LogP contribution in [0.1, 0.15) is 29.2 Å². The summed E-state index contributed by atoms with van der Waals surface area (Å²) >= 11 is 1.61. The molecular formula is C15H19FN2OS. The second-order valence-electron chi connectivity index (χ2n) is 4.56. The highest BCUT2D eigenvalue weighted by molar-refractivity contribution is 7.09. The number of nitrogens with one attached hydrogen (secondary N) is 1. The number of thiazole rings is 1. The maximum Gasteiger partial charge on any atom is 0.169 e. The Hall–Kier alpha value is -1.46. The van der Waals surface area contributed by atoms with Gasteiger partial charge < -0.3 is 10.1 Å². The second kappa shape index (κ2) is 6.81. The molecule has 20 heavy (non-hydrogen) atoms. The van der Waals surface area contributed by atoms with Crippen LogP contribution in [0.2, 0.25) is 0 Å².